The Bertz CT molecular complexity index is 493. The van der Waals surface area contributed by atoms with Crippen molar-refractivity contribution in [2.45, 2.75) is 19.1 Å². The van der Waals surface area contributed by atoms with Gasteiger partial charge in [-0.1, -0.05) is 30.3 Å². The number of amides is 1. The van der Waals surface area contributed by atoms with Gasteiger partial charge >= 0.3 is 5.97 Å². The molecule has 0 fully saturated rings. The summed E-state index contributed by atoms with van der Waals surface area (Å²) in [5.41, 5.74) is -1.14. The Hall–Kier alpha value is -1.96. The number of aliphatic carboxylic acids is 1. The minimum absolute atomic E-state index is 0.00917. The molecule has 2 N–H and O–H groups in total. The summed E-state index contributed by atoms with van der Waals surface area (Å²) in [5.74, 6) is -1.83. The second-order valence-electron chi connectivity index (χ2n) is 4.82. The fourth-order valence-electron chi connectivity index (χ4n) is 1.96. The van der Waals surface area contributed by atoms with Crippen molar-refractivity contribution >= 4 is 11.9 Å². The Balaban J connectivity index is 2.94. The number of methoxy groups -OCH3 is 1. The van der Waals surface area contributed by atoms with Gasteiger partial charge in [0.15, 0.2) is 0 Å². The zero-order valence-electron chi connectivity index (χ0n) is 13.4. The molecule has 1 amide bonds. The largest absolute Gasteiger partial charge is 0.478 e. The lowest BCUT2D eigenvalue weighted by Crippen LogP contribution is -2.59. The lowest BCUT2D eigenvalue weighted by Gasteiger charge is -2.30. The van der Waals surface area contributed by atoms with Crippen molar-refractivity contribution in [1.29, 1.82) is 0 Å². The molecule has 128 valence electrons. The van der Waals surface area contributed by atoms with E-state index in [1.54, 1.807) is 31.2 Å². The van der Waals surface area contributed by atoms with Gasteiger partial charge in [0, 0.05) is 20.1 Å². The highest BCUT2D eigenvalue weighted by Crippen LogP contribution is 2.16. The van der Waals surface area contributed by atoms with E-state index >= 15 is 0 Å². The summed E-state index contributed by atoms with van der Waals surface area (Å²) in [5, 5.41) is 12.1. The SMILES string of the molecule is CCOCC(=O)N[C@](Cc1ccccc1)(OCCOC)C(=O)O. The van der Waals surface area contributed by atoms with Crippen molar-refractivity contribution in [2.75, 3.05) is 33.5 Å². The van der Waals surface area contributed by atoms with Crippen LogP contribution < -0.4 is 5.32 Å². The normalized spacial score (nSPS) is 13.3. The maximum atomic E-state index is 11.9. The summed E-state index contributed by atoms with van der Waals surface area (Å²) in [4.78, 5) is 23.7. The average Bonchev–Trinajstić information content (AvgIpc) is 2.53. The van der Waals surface area contributed by atoms with Gasteiger partial charge in [0.05, 0.1) is 13.2 Å². The smallest absolute Gasteiger partial charge is 0.357 e. The molecule has 0 aliphatic heterocycles. The van der Waals surface area contributed by atoms with E-state index in [9.17, 15) is 14.7 Å². The molecule has 1 rings (SSSR count). The van der Waals surface area contributed by atoms with E-state index in [2.05, 4.69) is 5.32 Å². The quantitative estimate of drug-likeness (QED) is 0.462. The number of carbonyl (C=O) groups excluding carboxylic acids is 1. The number of nitrogens with one attached hydrogen (secondary N) is 1. The molecule has 0 saturated carbocycles. The fourth-order valence-corrected chi connectivity index (χ4v) is 1.96. The molecule has 1 aromatic rings. The Morgan fingerprint density at radius 3 is 2.48 bits per heavy atom. The second-order valence-corrected chi connectivity index (χ2v) is 4.82. The monoisotopic (exact) mass is 325 g/mol. The van der Waals surface area contributed by atoms with Crippen LogP contribution in [0.25, 0.3) is 0 Å². The number of hydrogen-bond acceptors (Lipinski definition) is 5. The third kappa shape index (κ3) is 6.35. The van der Waals surface area contributed by atoms with Gasteiger partial charge in [-0.25, -0.2) is 4.79 Å². The molecular formula is C16H23NO6. The van der Waals surface area contributed by atoms with Crippen LogP contribution in [-0.4, -0.2) is 56.2 Å². The topological polar surface area (TPSA) is 94.1 Å². The molecule has 0 saturated heterocycles. The van der Waals surface area contributed by atoms with Crippen LogP contribution in [0.4, 0.5) is 0 Å². The molecule has 0 aromatic heterocycles. The predicted octanol–water partition coefficient (Wildman–Crippen LogP) is 0.826. The molecule has 1 aromatic carbocycles. The maximum Gasteiger partial charge on any atom is 0.357 e. The number of hydrogen-bond donors (Lipinski definition) is 2. The standard InChI is InChI=1S/C16H23NO6/c1-3-22-12-14(18)17-16(15(19)20,23-10-9-21-2)11-13-7-5-4-6-8-13/h4-8H,3,9-12H2,1-2H3,(H,17,18)(H,19,20)/t16-/m1/s1. The summed E-state index contributed by atoms with van der Waals surface area (Å²) >= 11 is 0. The van der Waals surface area contributed by atoms with Crippen LogP contribution in [0.1, 0.15) is 12.5 Å². The third-order valence-electron chi connectivity index (χ3n) is 3.06. The molecule has 7 heteroatoms. The third-order valence-corrected chi connectivity index (χ3v) is 3.06. The molecule has 0 bridgehead atoms. The Kier molecular flexibility index (Phi) is 8.25. The Morgan fingerprint density at radius 2 is 1.91 bits per heavy atom. The van der Waals surface area contributed by atoms with Crippen LogP contribution in [0, 0.1) is 0 Å². The van der Waals surface area contributed by atoms with E-state index in [0.29, 0.717) is 6.61 Å². The number of rotatable bonds is 11. The van der Waals surface area contributed by atoms with E-state index in [0.717, 1.165) is 5.56 Å². The first-order valence-corrected chi connectivity index (χ1v) is 7.33. The van der Waals surface area contributed by atoms with Crippen molar-refractivity contribution in [3.63, 3.8) is 0 Å². The van der Waals surface area contributed by atoms with Crippen LogP contribution >= 0.6 is 0 Å². The molecule has 0 aliphatic carbocycles. The van der Waals surface area contributed by atoms with Gasteiger partial charge in [-0.15, -0.1) is 0 Å². The lowest BCUT2D eigenvalue weighted by atomic mass is 10.0. The van der Waals surface area contributed by atoms with Crippen LogP contribution in [0.3, 0.4) is 0 Å². The number of carboxylic acid groups (broad SMARTS) is 1. The summed E-state index contributed by atoms with van der Waals surface area (Å²) < 4.78 is 15.4. The van der Waals surface area contributed by atoms with Crippen molar-refractivity contribution in [3.8, 4) is 0 Å². The number of carbonyl (C=O) groups is 2. The first-order valence-electron chi connectivity index (χ1n) is 7.33. The molecule has 1 atom stereocenters. The van der Waals surface area contributed by atoms with Crippen LogP contribution in [0.5, 0.6) is 0 Å². The Labute approximate surface area is 135 Å². The molecule has 23 heavy (non-hydrogen) atoms. The highest BCUT2D eigenvalue weighted by atomic mass is 16.6. The van der Waals surface area contributed by atoms with Gasteiger partial charge in [-0.05, 0) is 12.5 Å². The van der Waals surface area contributed by atoms with Gasteiger partial charge in [-0.2, -0.15) is 0 Å². The van der Waals surface area contributed by atoms with Crippen molar-refractivity contribution in [3.05, 3.63) is 35.9 Å². The maximum absolute atomic E-state index is 11.9. The van der Waals surface area contributed by atoms with Crippen LogP contribution in [0.2, 0.25) is 0 Å². The highest BCUT2D eigenvalue weighted by molar-refractivity contribution is 5.86. The first-order chi connectivity index (χ1) is 11.0. The van der Waals surface area contributed by atoms with Crippen molar-refractivity contribution < 1.29 is 28.9 Å². The van der Waals surface area contributed by atoms with Gasteiger partial charge in [0.2, 0.25) is 11.6 Å². The van der Waals surface area contributed by atoms with E-state index < -0.39 is 17.6 Å². The molecule has 0 radical (unpaired) electrons. The van der Waals surface area contributed by atoms with Gasteiger partial charge in [-0.3, -0.25) is 4.79 Å². The van der Waals surface area contributed by atoms with E-state index in [4.69, 9.17) is 14.2 Å². The molecular weight excluding hydrogens is 302 g/mol. The number of ether oxygens (including phenoxy) is 3. The van der Waals surface area contributed by atoms with Crippen LogP contribution in [-0.2, 0) is 30.2 Å². The van der Waals surface area contributed by atoms with E-state index in [1.807, 2.05) is 6.07 Å². The average molecular weight is 325 g/mol. The van der Waals surface area contributed by atoms with Gasteiger partial charge in [0.25, 0.3) is 0 Å². The minimum atomic E-state index is -1.87. The van der Waals surface area contributed by atoms with E-state index in [1.165, 1.54) is 7.11 Å². The molecule has 0 unspecified atom stereocenters. The number of carboxylic acids is 1. The predicted molar refractivity (Wildman–Crippen MR) is 83.0 cm³/mol. The summed E-state index contributed by atoms with van der Waals surface area (Å²) in [6.07, 6.45) is -0.00917. The molecule has 0 heterocycles. The molecule has 0 aliphatic rings. The Morgan fingerprint density at radius 1 is 1.22 bits per heavy atom. The molecule has 0 spiro atoms. The second kappa shape index (κ2) is 9.94. The number of benzene rings is 1. The zero-order chi connectivity index (χ0) is 17.1. The zero-order valence-corrected chi connectivity index (χ0v) is 13.4. The van der Waals surface area contributed by atoms with Crippen LogP contribution in [0.15, 0.2) is 30.3 Å². The summed E-state index contributed by atoms with van der Waals surface area (Å²) in [6, 6.07) is 8.95. The summed E-state index contributed by atoms with van der Waals surface area (Å²) in [6.45, 7) is 2.12. The van der Waals surface area contributed by atoms with Gasteiger partial charge in [0.1, 0.15) is 6.61 Å². The lowest BCUT2D eigenvalue weighted by molar-refractivity contribution is -0.177. The van der Waals surface area contributed by atoms with Gasteiger partial charge < -0.3 is 24.6 Å². The highest BCUT2D eigenvalue weighted by Gasteiger charge is 2.41. The molecule has 7 nitrogen and oxygen atoms in total. The van der Waals surface area contributed by atoms with E-state index in [-0.39, 0.29) is 26.2 Å². The fraction of sp³-hybridized carbons (Fsp3) is 0.500. The minimum Gasteiger partial charge on any atom is -0.478 e. The van der Waals surface area contributed by atoms with Crippen molar-refractivity contribution in [1.82, 2.24) is 5.32 Å². The first kappa shape index (κ1) is 19.1. The van der Waals surface area contributed by atoms with Crippen molar-refractivity contribution in [2.24, 2.45) is 0 Å². The summed E-state index contributed by atoms with van der Waals surface area (Å²) in [7, 11) is 1.48.